The number of thioether (sulfide) groups is 1. The molecule has 0 saturated heterocycles. The van der Waals surface area contributed by atoms with Gasteiger partial charge in [-0.05, 0) is 25.5 Å². The van der Waals surface area contributed by atoms with Gasteiger partial charge in [-0.25, -0.2) is 4.98 Å². The molecule has 4 aromatic rings. The highest BCUT2D eigenvalue weighted by Gasteiger charge is 2.20. The maximum atomic E-state index is 6.17. The Hall–Kier alpha value is -2.90. The van der Waals surface area contributed by atoms with Crippen molar-refractivity contribution in [1.82, 2.24) is 19.7 Å². The molecule has 5 nitrogen and oxygen atoms in total. The molecule has 0 radical (unpaired) electrons. The summed E-state index contributed by atoms with van der Waals surface area (Å²) in [6.07, 6.45) is 1.63. The summed E-state index contributed by atoms with van der Waals surface area (Å²) in [5.41, 5.74) is 3.27. The van der Waals surface area contributed by atoms with Crippen LogP contribution in [0.3, 0.4) is 0 Å². The van der Waals surface area contributed by atoms with E-state index in [0.717, 1.165) is 44.3 Å². The van der Waals surface area contributed by atoms with Crippen LogP contribution in [-0.2, 0) is 12.3 Å². The average Bonchev–Trinajstić information content (AvgIpc) is 3.42. The van der Waals surface area contributed by atoms with E-state index in [1.807, 2.05) is 62.4 Å². The third kappa shape index (κ3) is 5.06. The van der Waals surface area contributed by atoms with E-state index < -0.39 is 0 Å². The zero-order valence-electron chi connectivity index (χ0n) is 17.6. The minimum absolute atomic E-state index is 0.230. The fourth-order valence-electron chi connectivity index (χ4n) is 3.17. The Morgan fingerprint density at radius 3 is 2.68 bits per heavy atom. The lowest BCUT2D eigenvalue weighted by Gasteiger charge is -2.17. The second-order valence-corrected chi connectivity index (χ2v) is 8.86. The Kier molecular flexibility index (Phi) is 6.84. The molecule has 1 unspecified atom stereocenters. The van der Waals surface area contributed by atoms with E-state index in [-0.39, 0.29) is 6.10 Å². The van der Waals surface area contributed by atoms with Crippen molar-refractivity contribution in [2.75, 3.05) is 0 Å². The molecular formula is C24H24N4OS2. The van der Waals surface area contributed by atoms with Crippen molar-refractivity contribution in [3.8, 4) is 16.3 Å². The van der Waals surface area contributed by atoms with E-state index in [4.69, 9.17) is 9.72 Å². The van der Waals surface area contributed by atoms with E-state index in [2.05, 4.69) is 38.9 Å². The maximum absolute atomic E-state index is 6.17. The number of hydrogen-bond donors (Lipinski definition) is 0. The van der Waals surface area contributed by atoms with Gasteiger partial charge in [0.1, 0.15) is 10.8 Å². The van der Waals surface area contributed by atoms with Gasteiger partial charge in [0.25, 0.3) is 0 Å². The number of aromatic nitrogens is 4. The zero-order chi connectivity index (χ0) is 21.6. The van der Waals surface area contributed by atoms with Gasteiger partial charge < -0.3 is 4.74 Å². The van der Waals surface area contributed by atoms with E-state index >= 15 is 0 Å². The van der Waals surface area contributed by atoms with Gasteiger partial charge in [-0.1, -0.05) is 66.4 Å². The minimum Gasteiger partial charge on any atom is -0.482 e. The Labute approximate surface area is 190 Å². The van der Waals surface area contributed by atoms with E-state index in [1.165, 1.54) is 0 Å². The van der Waals surface area contributed by atoms with Crippen molar-refractivity contribution in [2.45, 2.75) is 37.4 Å². The van der Waals surface area contributed by atoms with Crippen LogP contribution in [-0.4, -0.2) is 19.7 Å². The molecule has 0 saturated carbocycles. The van der Waals surface area contributed by atoms with Crippen LogP contribution >= 0.6 is 23.1 Å². The number of hydrogen-bond acceptors (Lipinski definition) is 6. The van der Waals surface area contributed by atoms with Crippen LogP contribution in [0.4, 0.5) is 0 Å². The first-order valence-electron chi connectivity index (χ1n) is 10.0. The molecule has 0 aliphatic rings. The first-order chi connectivity index (χ1) is 15.2. The lowest BCUT2D eigenvalue weighted by atomic mass is 10.2. The SMILES string of the molecule is C=CCn1c(SCc2csc(-c3ccccc3)n2)nnc1C(C)Oc1ccccc1C. The molecule has 31 heavy (non-hydrogen) atoms. The smallest absolute Gasteiger partial charge is 0.192 e. The van der Waals surface area contributed by atoms with E-state index in [1.54, 1.807) is 23.1 Å². The first kappa shape index (κ1) is 21.3. The van der Waals surface area contributed by atoms with Gasteiger partial charge in [-0.2, -0.15) is 0 Å². The highest BCUT2D eigenvalue weighted by atomic mass is 32.2. The molecule has 2 heterocycles. The molecule has 0 N–H and O–H groups in total. The molecular weight excluding hydrogens is 424 g/mol. The molecule has 2 aromatic carbocycles. The van der Waals surface area contributed by atoms with Crippen molar-refractivity contribution >= 4 is 23.1 Å². The molecule has 158 valence electrons. The van der Waals surface area contributed by atoms with Crippen LogP contribution in [0.1, 0.15) is 30.1 Å². The van der Waals surface area contributed by atoms with Crippen molar-refractivity contribution in [3.63, 3.8) is 0 Å². The zero-order valence-corrected chi connectivity index (χ0v) is 19.2. The fraction of sp³-hybridized carbons (Fsp3) is 0.208. The van der Waals surface area contributed by atoms with Gasteiger partial charge in [0, 0.05) is 23.2 Å². The molecule has 0 amide bonds. The van der Waals surface area contributed by atoms with E-state index in [0.29, 0.717) is 6.54 Å². The molecule has 0 aliphatic carbocycles. The summed E-state index contributed by atoms with van der Waals surface area (Å²) in [7, 11) is 0. The summed E-state index contributed by atoms with van der Waals surface area (Å²) in [5.74, 6) is 2.37. The highest BCUT2D eigenvalue weighted by Crippen LogP contribution is 2.30. The topological polar surface area (TPSA) is 52.8 Å². The molecule has 0 bridgehead atoms. The molecule has 7 heteroatoms. The van der Waals surface area contributed by atoms with Crippen LogP contribution in [0.15, 0.2) is 77.8 Å². The summed E-state index contributed by atoms with van der Waals surface area (Å²) in [5, 5.41) is 12.8. The average molecular weight is 449 g/mol. The molecule has 0 aliphatic heterocycles. The van der Waals surface area contributed by atoms with Crippen LogP contribution in [0.25, 0.3) is 10.6 Å². The van der Waals surface area contributed by atoms with Crippen LogP contribution in [0.5, 0.6) is 5.75 Å². The van der Waals surface area contributed by atoms with Crippen molar-refractivity contribution < 1.29 is 4.74 Å². The molecule has 2 aromatic heterocycles. The predicted molar refractivity (Wildman–Crippen MR) is 128 cm³/mol. The quantitative estimate of drug-likeness (QED) is 0.221. The van der Waals surface area contributed by atoms with Crippen LogP contribution in [0.2, 0.25) is 0 Å². The fourth-order valence-corrected chi connectivity index (χ4v) is 4.94. The van der Waals surface area contributed by atoms with Crippen molar-refractivity contribution in [1.29, 1.82) is 0 Å². The predicted octanol–water partition coefficient (Wildman–Crippen LogP) is 6.33. The van der Waals surface area contributed by atoms with Crippen LogP contribution < -0.4 is 4.74 Å². The van der Waals surface area contributed by atoms with Gasteiger partial charge in [0.05, 0.1) is 5.69 Å². The van der Waals surface area contributed by atoms with Gasteiger partial charge in [0.15, 0.2) is 17.1 Å². The summed E-state index contributed by atoms with van der Waals surface area (Å²) in [6.45, 7) is 8.55. The Morgan fingerprint density at radius 2 is 1.90 bits per heavy atom. The van der Waals surface area contributed by atoms with Gasteiger partial charge in [-0.15, -0.1) is 28.1 Å². The number of rotatable bonds is 9. The summed E-state index contributed by atoms with van der Waals surface area (Å²) >= 11 is 3.29. The molecule has 1 atom stereocenters. The Bertz CT molecular complexity index is 1150. The normalized spacial score (nSPS) is 11.9. The summed E-state index contributed by atoms with van der Waals surface area (Å²) in [6, 6.07) is 18.2. The Morgan fingerprint density at radius 1 is 1.13 bits per heavy atom. The largest absolute Gasteiger partial charge is 0.482 e. The third-order valence-corrected chi connectivity index (χ3v) is 6.68. The Balaban J connectivity index is 1.48. The number of para-hydroxylation sites is 1. The van der Waals surface area contributed by atoms with E-state index in [9.17, 15) is 0 Å². The number of allylic oxidation sites excluding steroid dienone is 1. The number of thiazole rings is 1. The highest BCUT2D eigenvalue weighted by molar-refractivity contribution is 7.98. The second kappa shape index (κ2) is 9.94. The van der Waals surface area contributed by atoms with Gasteiger partial charge in [-0.3, -0.25) is 4.57 Å². The van der Waals surface area contributed by atoms with Crippen molar-refractivity contribution in [3.05, 3.63) is 89.7 Å². The monoisotopic (exact) mass is 448 g/mol. The maximum Gasteiger partial charge on any atom is 0.192 e. The van der Waals surface area contributed by atoms with Gasteiger partial charge >= 0.3 is 0 Å². The number of benzene rings is 2. The summed E-state index contributed by atoms with van der Waals surface area (Å²) < 4.78 is 8.23. The van der Waals surface area contributed by atoms with Crippen molar-refractivity contribution in [2.24, 2.45) is 0 Å². The second-order valence-electron chi connectivity index (χ2n) is 7.06. The summed E-state index contributed by atoms with van der Waals surface area (Å²) in [4.78, 5) is 4.77. The first-order valence-corrected chi connectivity index (χ1v) is 11.9. The molecule has 4 rings (SSSR count). The molecule has 0 fully saturated rings. The number of ether oxygens (including phenoxy) is 1. The standard InChI is InChI=1S/C24H24N4OS2/c1-4-14-28-22(18(3)29-21-13-9-8-10-17(21)2)26-27-24(28)31-16-20-15-30-23(25-20)19-11-6-5-7-12-19/h4-13,15,18H,1,14,16H2,2-3H3. The number of nitrogens with zero attached hydrogens (tertiary/aromatic N) is 4. The number of aryl methyl sites for hydroxylation is 1. The van der Waals surface area contributed by atoms with Crippen LogP contribution in [0, 0.1) is 6.92 Å². The van der Waals surface area contributed by atoms with Gasteiger partial charge in [0.2, 0.25) is 0 Å². The molecule has 0 spiro atoms. The minimum atomic E-state index is -0.230. The lowest BCUT2D eigenvalue weighted by molar-refractivity contribution is 0.209. The third-order valence-electron chi connectivity index (χ3n) is 4.74. The lowest BCUT2D eigenvalue weighted by Crippen LogP contribution is -2.12.